The lowest BCUT2D eigenvalue weighted by Crippen LogP contribution is -2.16. The molecule has 0 fully saturated rings. The molecule has 1 aromatic carbocycles. The molecule has 1 nitrogen and oxygen atoms in total. The predicted octanol–water partition coefficient (Wildman–Crippen LogP) is 3.07. The van der Waals surface area contributed by atoms with E-state index < -0.39 is 0 Å². The summed E-state index contributed by atoms with van der Waals surface area (Å²) in [5, 5.41) is 0. The first-order chi connectivity index (χ1) is 5.74. The zero-order valence-corrected chi connectivity index (χ0v) is 8.71. The summed E-state index contributed by atoms with van der Waals surface area (Å²) in [7, 11) is 2.05. The molecule has 0 atom stereocenters. The Kier molecular flexibility index (Phi) is 3.35. The smallest absolute Gasteiger partial charge is 0.0367 e. The van der Waals surface area contributed by atoms with E-state index in [-0.39, 0.29) is 0 Å². The van der Waals surface area contributed by atoms with Crippen molar-refractivity contribution in [3.8, 4) is 0 Å². The van der Waals surface area contributed by atoms with Gasteiger partial charge < -0.3 is 4.90 Å². The van der Waals surface area contributed by atoms with Gasteiger partial charge in [0.25, 0.3) is 0 Å². The normalized spacial score (nSPS) is 9.50. The second kappa shape index (κ2) is 4.31. The number of hydrogen-bond acceptors (Lipinski definition) is 1. The summed E-state index contributed by atoms with van der Waals surface area (Å²) in [5.74, 6) is 0. The van der Waals surface area contributed by atoms with Gasteiger partial charge in [-0.1, -0.05) is 22.0 Å². The molecule has 0 aliphatic carbocycles. The van der Waals surface area contributed by atoms with Crippen molar-refractivity contribution in [3.05, 3.63) is 41.4 Å². The maximum atomic E-state index is 3.69. The Hall–Kier alpha value is -0.760. The fraction of sp³-hybridized carbons (Fsp3) is 0.200. The van der Waals surface area contributed by atoms with Crippen molar-refractivity contribution < 1.29 is 0 Å². The molecule has 2 heteroatoms. The van der Waals surface area contributed by atoms with Gasteiger partial charge in [-0.15, -0.1) is 6.58 Å². The molecule has 0 saturated heterocycles. The third-order valence-corrected chi connectivity index (χ3v) is 2.20. The Morgan fingerprint density at radius 1 is 1.42 bits per heavy atom. The lowest BCUT2D eigenvalue weighted by atomic mass is 10.3. The lowest BCUT2D eigenvalue weighted by Gasteiger charge is -2.16. The number of likely N-dealkylation sites (N-methyl/N-ethyl adjacent to an activating group) is 1. The highest BCUT2D eigenvalue weighted by molar-refractivity contribution is 9.10. The third-order valence-electron chi connectivity index (χ3n) is 1.67. The quantitative estimate of drug-likeness (QED) is 0.716. The van der Waals surface area contributed by atoms with Crippen LogP contribution in [0.5, 0.6) is 0 Å². The number of halogens is 1. The standard InChI is InChI=1S/C10H12BrN/c1-3-8-12(2)10-6-4-9(11)5-7-10/h3-7H,1,8H2,2H3. The first-order valence-corrected chi connectivity index (χ1v) is 4.61. The number of rotatable bonds is 3. The van der Waals surface area contributed by atoms with E-state index in [0.29, 0.717) is 0 Å². The SMILES string of the molecule is C=CCN(C)c1ccc(Br)cc1. The van der Waals surface area contributed by atoms with Gasteiger partial charge in [0.1, 0.15) is 0 Å². The summed E-state index contributed by atoms with van der Waals surface area (Å²) in [6, 6.07) is 8.23. The van der Waals surface area contributed by atoms with Gasteiger partial charge in [0, 0.05) is 23.8 Å². The summed E-state index contributed by atoms with van der Waals surface area (Å²) in [5.41, 5.74) is 1.21. The van der Waals surface area contributed by atoms with Crippen LogP contribution < -0.4 is 4.90 Å². The first-order valence-electron chi connectivity index (χ1n) is 3.81. The molecule has 64 valence electrons. The third kappa shape index (κ3) is 2.38. The largest absolute Gasteiger partial charge is 0.371 e. The van der Waals surface area contributed by atoms with Crippen LogP contribution in [0.3, 0.4) is 0 Å². The van der Waals surface area contributed by atoms with Gasteiger partial charge in [0.15, 0.2) is 0 Å². The van der Waals surface area contributed by atoms with E-state index in [1.54, 1.807) is 0 Å². The average molecular weight is 226 g/mol. The second-order valence-corrected chi connectivity index (χ2v) is 3.56. The molecule has 0 radical (unpaired) electrons. The summed E-state index contributed by atoms with van der Waals surface area (Å²) < 4.78 is 1.11. The van der Waals surface area contributed by atoms with Crippen molar-refractivity contribution >= 4 is 21.6 Å². The Labute approximate surface area is 81.8 Å². The molecule has 0 aliphatic heterocycles. The maximum Gasteiger partial charge on any atom is 0.0367 e. The molecule has 0 saturated carbocycles. The molecule has 1 rings (SSSR count). The molecule has 0 aromatic heterocycles. The minimum atomic E-state index is 0.877. The zero-order valence-electron chi connectivity index (χ0n) is 7.13. The highest BCUT2D eigenvalue weighted by Gasteiger charge is 1.96. The van der Waals surface area contributed by atoms with E-state index in [9.17, 15) is 0 Å². The molecule has 12 heavy (non-hydrogen) atoms. The van der Waals surface area contributed by atoms with Crippen LogP contribution in [0.15, 0.2) is 41.4 Å². The maximum absolute atomic E-state index is 3.69. The van der Waals surface area contributed by atoms with Crippen LogP contribution in [-0.2, 0) is 0 Å². The van der Waals surface area contributed by atoms with E-state index in [4.69, 9.17) is 0 Å². The average Bonchev–Trinajstić information content (AvgIpc) is 2.06. The molecule has 0 N–H and O–H groups in total. The van der Waals surface area contributed by atoms with Gasteiger partial charge in [-0.3, -0.25) is 0 Å². The lowest BCUT2D eigenvalue weighted by molar-refractivity contribution is 1.03. The van der Waals surface area contributed by atoms with E-state index in [2.05, 4.69) is 39.5 Å². The van der Waals surface area contributed by atoms with Gasteiger partial charge in [0.05, 0.1) is 0 Å². The summed E-state index contributed by atoms with van der Waals surface area (Å²) >= 11 is 3.39. The van der Waals surface area contributed by atoms with Crippen LogP contribution >= 0.6 is 15.9 Å². The number of nitrogens with zero attached hydrogens (tertiary/aromatic N) is 1. The molecule has 0 heterocycles. The van der Waals surface area contributed by atoms with Crippen LogP contribution in [-0.4, -0.2) is 13.6 Å². The molecular weight excluding hydrogens is 214 g/mol. The first kappa shape index (κ1) is 9.33. The number of hydrogen-bond donors (Lipinski definition) is 0. The zero-order chi connectivity index (χ0) is 8.97. The monoisotopic (exact) mass is 225 g/mol. The van der Waals surface area contributed by atoms with Crippen molar-refractivity contribution in [2.75, 3.05) is 18.5 Å². The van der Waals surface area contributed by atoms with Crippen LogP contribution in [0.2, 0.25) is 0 Å². The summed E-state index contributed by atoms with van der Waals surface area (Å²) in [4.78, 5) is 2.14. The molecule has 0 spiro atoms. The van der Waals surface area contributed by atoms with E-state index in [1.165, 1.54) is 5.69 Å². The van der Waals surface area contributed by atoms with E-state index >= 15 is 0 Å². The van der Waals surface area contributed by atoms with Crippen molar-refractivity contribution in [2.24, 2.45) is 0 Å². The van der Waals surface area contributed by atoms with Gasteiger partial charge in [-0.25, -0.2) is 0 Å². The minimum absolute atomic E-state index is 0.877. The predicted molar refractivity (Wildman–Crippen MR) is 57.6 cm³/mol. The van der Waals surface area contributed by atoms with E-state index in [0.717, 1.165) is 11.0 Å². The Morgan fingerprint density at radius 3 is 2.50 bits per heavy atom. The Bertz CT molecular complexity index is 253. The molecule has 0 aliphatic rings. The van der Waals surface area contributed by atoms with Crippen LogP contribution in [0.1, 0.15) is 0 Å². The molecule has 0 bridgehead atoms. The molecule has 1 aromatic rings. The molecule has 0 amide bonds. The van der Waals surface area contributed by atoms with Crippen LogP contribution in [0, 0.1) is 0 Å². The van der Waals surface area contributed by atoms with Crippen molar-refractivity contribution in [1.29, 1.82) is 0 Å². The number of benzene rings is 1. The van der Waals surface area contributed by atoms with Gasteiger partial charge in [0.2, 0.25) is 0 Å². The van der Waals surface area contributed by atoms with Crippen LogP contribution in [0.25, 0.3) is 0 Å². The fourth-order valence-corrected chi connectivity index (χ4v) is 1.26. The van der Waals surface area contributed by atoms with Crippen molar-refractivity contribution in [3.63, 3.8) is 0 Å². The highest BCUT2D eigenvalue weighted by atomic mass is 79.9. The molecular formula is C10H12BrN. The van der Waals surface area contributed by atoms with Crippen LogP contribution in [0.4, 0.5) is 5.69 Å². The number of anilines is 1. The Balaban J connectivity index is 2.74. The Morgan fingerprint density at radius 2 is 2.00 bits per heavy atom. The summed E-state index contributed by atoms with van der Waals surface area (Å²) in [6.07, 6.45) is 1.89. The van der Waals surface area contributed by atoms with Gasteiger partial charge >= 0.3 is 0 Å². The second-order valence-electron chi connectivity index (χ2n) is 2.65. The topological polar surface area (TPSA) is 3.24 Å². The highest BCUT2D eigenvalue weighted by Crippen LogP contribution is 2.16. The van der Waals surface area contributed by atoms with Gasteiger partial charge in [-0.05, 0) is 24.3 Å². The van der Waals surface area contributed by atoms with Gasteiger partial charge in [-0.2, -0.15) is 0 Å². The molecule has 0 unspecified atom stereocenters. The van der Waals surface area contributed by atoms with Crippen molar-refractivity contribution in [2.45, 2.75) is 0 Å². The van der Waals surface area contributed by atoms with Crippen molar-refractivity contribution in [1.82, 2.24) is 0 Å². The fourth-order valence-electron chi connectivity index (χ4n) is 0.995. The summed E-state index contributed by atoms with van der Waals surface area (Å²) in [6.45, 7) is 4.57. The van der Waals surface area contributed by atoms with E-state index in [1.807, 2.05) is 25.3 Å². The minimum Gasteiger partial charge on any atom is -0.371 e.